The Morgan fingerprint density at radius 3 is 2.24 bits per heavy atom. The molecule has 0 aliphatic rings. The summed E-state index contributed by atoms with van der Waals surface area (Å²) in [6.45, 7) is 8.99. The summed E-state index contributed by atoms with van der Waals surface area (Å²) in [5, 5.41) is 2.52. The number of hydrogen-bond acceptors (Lipinski definition) is 4. The smallest absolute Gasteiger partial charge is 0.408 e. The number of esters is 1. The highest BCUT2D eigenvalue weighted by Crippen LogP contribution is 2.10. The number of carbonyl (C=O) groups is 2. The van der Waals surface area contributed by atoms with E-state index in [0.29, 0.717) is 11.1 Å². The minimum atomic E-state index is -0.547. The van der Waals surface area contributed by atoms with Gasteiger partial charge in [0.25, 0.3) is 0 Å². The van der Waals surface area contributed by atoms with Gasteiger partial charge < -0.3 is 14.8 Å². The fourth-order valence-corrected chi connectivity index (χ4v) is 1.36. The number of alkyl carbamates (subject to hydrolysis) is 1. The summed E-state index contributed by atoms with van der Waals surface area (Å²) in [7, 11) is 1.32. The lowest BCUT2D eigenvalue weighted by Gasteiger charge is -2.19. The van der Waals surface area contributed by atoms with Gasteiger partial charge in [-0.1, -0.05) is 24.0 Å². The Morgan fingerprint density at radius 2 is 1.81 bits per heavy atom. The SMILES string of the molecule is C/C=C(C#CCNC(=O)OC(C)(C)C)\C(=C/C)C(=O)OC. The summed E-state index contributed by atoms with van der Waals surface area (Å²) < 4.78 is 9.76. The van der Waals surface area contributed by atoms with Crippen molar-refractivity contribution in [2.24, 2.45) is 0 Å². The Balaban J connectivity index is 4.62. The van der Waals surface area contributed by atoms with E-state index in [9.17, 15) is 9.59 Å². The molecule has 21 heavy (non-hydrogen) atoms. The number of carbonyl (C=O) groups excluding carboxylic acids is 2. The Bertz CT molecular complexity index is 499. The largest absolute Gasteiger partial charge is 0.465 e. The zero-order chi connectivity index (χ0) is 16.5. The number of amides is 1. The van der Waals surface area contributed by atoms with E-state index in [4.69, 9.17) is 4.74 Å². The molecular weight excluding hydrogens is 270 g/mol. The normalized spacial score (nSPS) is 12.1. The van der Waals surface area contributed by atoms with Crippen molar-refractivity contribution in [1.29, 1.82) is 0 Å². The third-order valence-electron chi connectivity index (χ3n) is 2.22. The first kappa shape index (κ1) is 18.8. The maximum Gasteiger partial charge on any atom is 0.408 e. The van der Waals surface area contributed by atoms with Gasteiger partial charge in [0.05, 0.1) is 19.2 Å². The molecule has 0 heterocycles. The average molecular weight is 293 g/mol. The van der Waals surface area contributed by atoms with Crippen molar-refractivity contribution in [2.45, 2.75) is 40.2 Å². The van der Waals surface area contributed by atoms with Gasteiger partial charge in [-0.15, -0.1) is 0 Å². The third kappa shape index (κ3) is 7.83. The molecule has 0 saturated carbocycles. The van der Waals surface area contributed by atoms with E-state index in [-0.39, 0.29) is 6.54 Å². The molecule has 0 spiro atoms. The molecule has 0 bridgehead atoms. The number of allylic oxidation sites excluding steroid dienone is 2. The van der Waals surface area contributed by atoms with Crippen LogP contribution in [-0.2, 0) is 14.3 Å². The highest BCUT2D eigenvalue weighted by atomic mass is 16.6. The minimum Gasteiger partial charge on any atom is -0.465 e. The van der Waals surface area contributed by atoms with Crippen LogP contribution in [0.5, 0.6) is 0 Å². The standard InChI is InChI=1S/C16H23NO4/c1-7-12(13(8-2)14(18)20-6)10-9-11-17-15(19)21-16(3,4)5/h7-8H,11H2,1-6H3,(H,17,19)/b12-7-,13-8+. The molecule has 0 atom stereocenters. The predicted octanol–water partition coefficient (Wildman–Crippen LogP) is 2.58. The second kappa shape index (κ2) is 8.85. The van der Waals surface area contributed by atoms with E-state index < -0.39 is 17.7 Å². The second-order valence-electron chi connectivity index (χ2n) is 5.05. The minimum absolute atomic E-state index is 0.129. The van der Waals surface area contributed by atoms with Crippen LogP contribution in [0, 0.1) is 11.8 Å². The third-order valence-corrected chi connectivity index (χ3v) is 2.22. The summed E-state index contributed by atoms with van der Waals surface area (Å²) in [5.74, 6) is 5.15. The lowest BCUT2D eigenvalue weighted by Crippen LogP contribution is -2.32. The Hall–Kier alpha value is -2.22. The van der Waals surface area contributed by atoms with E-state index in [1.54, 1.807) is 46.8 Å². The van der Waals surface area contributed by atoms with Gasteiger partial charge in [0, 0.05) is 5.57 Å². The maximum atomic E-state index is 11.6. The van der Waals surface area contributed by atoms with Crippen molar-refractivity contribution in [1.82, 2.24) is 5.32 Å². The highest BCUT2D eigenvalue weighted by Gasteiger charge is 2.15. The van der Waals surface area contributed by atoms with Crippen molar-refractivity contribution >= 4 is 12.1 Å². The molecule has 0 aromatic heterocycles. The van der Waals surface area contributed by atoms with E-state index in [2.05, 4.69) is 21.9 Å². The van der Waals surface area contributed by atoms with Crippen molar-refractivity contribution in [2.75, 3.05) is 13.7 Å². The number of nitrogens with one attached hydrogen (secondary N) is 1. The molecule has 0 rings (SSSR count). The fraction of sp³-hybridized carbons (Fsp3) is 0.500. The molecule has 1 amide bonds. The summed E-state index contributed by atoms with van der Waals surface area (Å²) in [6, 6.07) is 0. The first-order valence-corrected chi connectivity index (χ1v) is 6.62. The first-order chi connectivity index (χ1) is 9.75. The molecule has 0 aliphatic heterocycles. The van der Waals surface area contributed by atoms with Crippen LogP contribution < -0.4 is 5.32 Å². The van der Waals surface area contributed by atoms with Crippen LogP contribution in [0.2, 0.25) is 0 Å². The van der Waals surface area contributed by atoms with Gasteiger partial charge >= 0.3 is 12.1 Å². The number of methoxy groups -OCH3 is 1. The van der Waals surface area contributed by atoms with Crippen molar-refractivity contribution in [3.63, 3.8) is 0 Å². The zero-order valence-electron chi connectivity index (χ0n) is 13.5. The summed E-state index contributed by atoms with van der Waals surface area (Å²) in [6.07, 6.45) is 2.82. The van der Waals surface area contributed by atoms with Crippen LogP contribution >= 0.6 is 0 Å². The van der Waals surface area contributed by atoms with Gasteiger partial charge in [0.1, 0.15) is 5.60 Å². The fourth-order valence-electron chi connectivity index (χ4n) is 1.36. The van der Waals surface area contributed by atoms with Crippen molar-refractivity contribution in [3.05, 3.63) is 23.3 Å². The molecule has 0 aromatic rings. The van der Waals surface area contributed by atoms with Crippen LogP contribution in [-0.4, -0.2) is 31.3 Å². The molecule has 0 aliphatic carbocycles. The zero-order valence-corrected chi connectivity index (χ0v) is 13.5. The Morgan fingerprint density at radius 1 is 1.19 bits per heavy atom. The van der Waals surface area contributed by atoms with Crippen LogP contribution in [0.25, 0.3) is 0 Å². The second-order valence-corrected chi connectivity index (χ2v) is 5.05. The average Bonchev–Trinajstić information content (AvgIpc) is 2.39. The molecule has 0 unspecified atom stereocenters. The highest BCUT2D eigenvalue weighted by molar-refractivity contribution is 5.94. The molecule has 0 fully saturated rings. The lowest BCUT2D eigenvalue weighted by atomic mass is 10.1. The number of hydrogen-bond donors (Lipinski definition) is 1. The van der Waals surface area contributed by atoms with E-state index in [1.165, 1.54) is 7.11 Å². The monoisotopic (exact) mass is 293 g/mol. The van der Waals surface area contributed by atoms with E-state index in [0.717, 1.165) is 0 Å². The van der Waals surface area contributed by atoms with Crippen molar-refractivity contribution in [3.8, 4) is 11.8 Å². The van der Waals surface area contributed by atoms with E-state index in [1.807, 2.05) is 0 Å². The van der Waals surface area contributed by atoms with Crippen LogP contribution in [0.15, 0.2) is 23.3 Å². The molecule has 0 aromatic carbocycles. The topological polar surface area (TPSA) is 64.6 Å². The summed E-state index contributed by atoms with van der Waals surface area (Å²) >= 11 is 0. The van der Waals surface area contributed by atoms with Gasteiger partial charge in [0.2, 0.25) is 0 Å². The lowest BCUT2D eigenvalue weighted by molar-refractivity contribution is -0.135. The maximum absolute atomic E-state index is 11.6. The molecule has 0 saturated heterocycles. The molecule has 1 N–H and O–H groups in total. The Labute approximate surface area is 126 Å². The van der Waals surface area contributed by atoms with Gasteiger partial charge in [-0.2, -0.15) is 0 Å². The molecule has 5 nitrogen and oxygen atoms in total. The van der Waals surface area contributed by atoms with Crippen LogP contribution in [0.4, 0.5) is 4.79 Å². The number of rotatable bonds is 3. The summed E-state index contributed by atoms with van der Waals surface area (Å²) in [4.78, 5) is 23.0. The molecule has 0 radical (unpaired) electrons. The van der Waals surface area contributed by atoms with Crippen LogP contribution in [0.3, 0.4) is 0 Å². The van der Waals surface area contributed by atoms with Gasteiger partial charge in [-0.05, 0) is 34.6 Å². The van der Waals surface area contributed by atoms with Gasteiger partial charge in [-0.3, -0.25) is 0 Å². The first-order valence-electron chi connectivity index (χ1n) is 6.62. The molecular formula is C16H23NO4. The molecule has 116 valence electrons. The number of ether oxygens (including phenoxy) is 2. The predicted molar refractivity (Wildman–Crippen MR) is 81.5 cm³/mol. The molecule has 5 heteroatoms. The van der Waals surface area contributed by atoms with Crippen LogP contribution in [0.1, 0.15) is 34.6 Å². The van der Waals surface area contributed by atoms with Gasteiger partial charge in [0.15, 0.2) is 0 Å². The van der Waals surface area contributed by atoms with E-state index >= 15 is 0 Å². The quantitative estimate of drug-likeness (QED) is 0.376. The Kier molecular flexibility index (Phi) is 7.92. The van der Waals surface area contributed by atoms with Gasteiger partial charge in [-0.25, -0.2) is 9.59 Å². The summed E-state index contributed by atoms with van der Waals surface area (Å²) in [5.41, 5.74) is 0.398. The van der Waals surface area contributed by atoms with Crippen molar-refractivity contribution < 1.29 is 19.1 Å².